The minimum absolute atomic E-state index is 0.137. The second-order valence-electron chi connectivity index (χ2n) is 4.61. The summed E-state index contributed by atoms with van der Waals surface area (Å²) < 4.78 is 0. The molecule has 108 valence electrons. The number of hydrogen-bond donors (Lipinski definition) is 2. The number of aryl methyl sites for hydroxylation is 1. The molecule has 0 unspecified atom stereocenters. The number of nitrogens with one attached hydrogen (secondary N) is 1. The van der Waals surface area contributed by atoms with Crippen LogP contribution in [-0.2, 0) is 13.0 Å². The van der Waals surface area contributed by atoms with Crippen molar-refractivity contribution in [1.29, 1.82) is 0 Å². The maximum Gasteiger partial charge on any atom is 0.263 e. The van der Waals surface area contributed by atoms with Gasteiger partial charge < -0.3 is 11.1 Å². The van der Waals surface area contributed by atoms with Crippen LogP contribution in [0.25, 0.3) is 10.2 Å². The number of carbonyl (C=O) groups is 1. The molecule has 3 aromatic rings. The van der Waals surface area contributed by atoms with E-state index in [1.54, 1.807) is 17.5 Å². The van der Waals surface area contributed by atoms with Crippen LogP contribution < -0.4 is 11.1 Å². The van der Waals surface area contributed by atoms with Gasteiger partial charge in [-0.1, -0.05) is 6.92 Å². The van der Waals surface area contributed by atoms with Gasteiger partial charge in [-0.05, 0) is 30.7 Å². The van der Waals surface area contributed by atoms with Crippen molar-refractivity contribution >= 4 is 44.5 Å². The van der Waals surface area contributed by atoms with Gasteiger partial charge in [0.1, 0.15) is 9.71 Å². The number of nitrogen functional groups attached to an aromatic ring is 1. The zero-order valence-corrected chi connectivity index (χ0v) is 13.2. The summed E-state index contributed by atoms with van der Waals surface area (Å²) in [5, 5.41) is 3.77. The number of fused-ring (bicyclic) bond motifs is 1. The molecular formula is C15H15N3OS2. The molecule has 21 heavy (non-hydrogen) atoms. The van der Waals surface area contributed by atoms with Gasteiger partial charge in [-0.2, -0.15) is 0 Å². The van der Waals surface area contributed by atoms with Crippen molar-refractivity contribution in [3.05, 3.63) is 45.1 Å². The molecule has 0 atom stereocenters. The fourth-order valence-corrected chi connectivity index (χ4v) is 3.95. The number of anilines is 1. The number of hydrogen-bond acceptors (Lipinski definition) is 5. The van der Waals surface area contributed by atoms with Crippen LogP contribution in [0.3, 0.4) is 0 Å². The molecule has 0 aliphatic rings. The van der Waals surface area contributed by atoms with E-state index >= 15 is 0 Å². The average Bonchev–Trinajstić information content (AvgIpc) is 3.10. The van der Waals surface area contributed by atoms with Gasteiger partial charge in [0.2, 0.25) is 0 Å². The van der Waals surface area contributed by atoms with E-state index in [0.29, 0.717) is 17.1 Å². The fourth-order valence-electron chi connectivity index (χ4n) is 2.07. The highest BCUT2D eigenvalue weighted by Gasteiger charge is 2.16. The molecular weight excluding hydrogens is 302 g/mol. The Labute approximate surface area is 130 Å². The largest absolute Gasteiger partial charge is 0.397 e. The number of rotatable bonds is 4. The van der Waals surface area contributed by atoms with Crippen LogP contribution in [-0.4, -0.2) is 10.9 Å². The third-order valence-corrected chi connectivity index (χ3v) is 5.56. The fraction of sp³-hybridized carbons (Fsp3) is 0.200. The Bertz CT molecular complexity index is 791. The molecule has 0 aromatic carbocycles. The lowest BCUT2D eigenvalue weighted by Gasteiger charge is -2.02. The molecule has 0 spiro atoms. The molecule has 3 N–H and O–H groups in total. The van der Waals surface area contributed by atoms with Crippen molar-refractivity contribution in [2.24, 2.45) is 0 Å². The number of amides is 1. The summed E-state index contributed by atoms with van der Waals surface area (Å²) in [4.78, 5) is 20.3. The van der Waals surface area contributed by atoms with Gasteiger partial charge in [0.15, 0.2) is 0 Å². The van der Waals surface area contributed by atoms with Gasteiger partial charge in [-0.15, -0.1) is 22.7 Å². The first kappa shape index (κ1) is 14.0. The van der Waals surface area contributed by atoms with Gasteiger partial charge in [0.25, 0.3) is 5.91 Å². The second kappa shape index (κ2) is 5.83. The van der Waals surface area contributed by atoms with E-state index in [1.165, 1.54) is 16.2 Å². The lowest BCUT2D eigenvalue weighted by molar-refractivity contribution is 0.0956. The second-order valence-corrected chi connectivity index (χ2v) is 6.86. The molecule has 3 rings (SSSR count). The van der Waals surface area contributed by atoms with E-state index in [-0.39, 0.29) is 5.91 Å². The third-order valence-electron chi connectivity index (χ3n) is 3.20. The molecule has 3 heterocycles. The van der Waals surface area contributed by atoms with Crippen molar-refractivity contribution in [3.8, 4) is 0 Å². The van der Waals surface area contributed by atoms with Crippen molar-refractivity contribution in [1.82, 2.24) is 10.3 Å². The number of thiophene rings is 2. The van der Waals surface area contributed by atoms with Crippen molar-refractivity contribution in [3.63, 3.8) is 0 Å². The summed E-state index contributed by atoms with van der Waals surface area (Å²) in [6.07, 6.45) is 2.73. The minimum atomic E-state index is -0.137. The zero-order valence-electron chi connectivity index (χ0n) is 11.6. The van der Waals surface area contributed by atoms with Gasteiger partial charge in [-0.3, -0.25) is 4.79 Å². The zero-order chi connectivity index (χ0) is 14.8. The molecule has 0 radical (unpaired) electrons. The smallest absolute Gasteiger partial charge is 0.263 e. The Morgan fingerprint density at radius 1 is 1.29 bits per heavy atom. The van der Waals surface area contributed by atoms with Crippen LogP contribution in [0.5, 0.6) is 0 Å². The van der Waals surface area contributed by atoms with Crippen molar-refractivity contribution < 1.29 is 4.79 Å². The molecule has 0 saturated heterocycles. The summed E-state index contributed by atoms with van der Waals surface area (Å²) in [6.45, 7) is 2.66. The first-order chi connectivity index (χ1) is 10.2. The molecule has 0 aliphatic heterocycles. The van der Waals surface area contributed by atoms with Crippen LogP contribution in [0, 0.1) is 0 Å². The molecule has 0 aliphatic carbocycles. The van der Waals surface area contributed by atoms with Crippen LogP contribution >= 0.6 is 22.7 Å². The molecule has 0 bridgehead atoms. The minimum Gasteiger partial charge on any atom is -0.397 e. The first-order valence-corrected chi connectivity index (χ1v) is 8.31. The quantitative estimate of drug-likeness (QED) is 0.774. The Morgan fingerprint density at radius 2 is 2.10 bits per heavy atom. The molecule has 0 saturated carbocycles. The highest BCUT2D eigenvalue weighted by atomic mass is 32.1. The van der Waals surface area contributed by atoms with E-state index in [9.17, 15) is 4.79 Å². The van der Waals surface area contributed by atoms with Gasteiger partial charge in [0, 0.05) is 21.3 Å². The summed E-state index contributed by atoms with van der Waals surface area (Å²) in [5.41, 5.74) is 6.56. The Morgan fingerprint density at radius 3 is 2.81 bits per heavy atom. The predicted octanol–water partition coefficient (Wildman–Crippen LogP) is 3.43. The third kappa shape index (κ3) is 2.77. The van der Waals surface area contributed by atoms with E-state index in [4.69, 9.17) is 5.73 Å². The topological polar surface area (TPSA) is 68.0 Å². The van der Waals surface area contributed by atoms with Gasteiger partial charge in [0.05, 0.1) is 12.2 Å². The maximum absolute atomic E-state index is 12.3. The number of carbonyl (C=O) groups excluding carboxylic acids is 1. The average molecular weight is 317 g/mol. The highest BCUT2D eigenvalue weighted by molar-refractivity contribution is 7.21. The first-order valence-electron chi connectivity index (χ1n) is 6.67. The Balaban J connectivity index is 1.76. The predicted molar refractivity (Wildman–Crippen MR) is 88.9 cm³/mol. The maximum atomic E-state index is 12.3. The lowest BCUT2D eigenvalue weighted by Crippen LogP contribution is -2.22. The van der Waals surface area contributed by atoms with Crippen LogP contribution in [0.2, 0.25) is 0 Å². The lowest BCUT2D eigenvalue weighted by atomic mass is 10.2. The molecule has 0 fully saturated rings. The van der Waals surface area contributed by atoms with Gasteiger partial charge >= 0.3 is 0 Å². The molecule has 1 amide bonds. The number of nitrogens with two attached hydrogens (primary N) is 1. The SMILES string of the molecule is CCc1ccc(CNC(=O)c2sc3ncccc3c2N)s1. The summed E-state index contributed by atoms with van der Waals surface area (Å²) >= 11 is 3.06. The van der Waals surface area contributed by atoms with Gasteiger partial charge in [-0.25, -0.2) is 4.98 Å². The monoisotopic (exact) mass is 317 g/mol. The standard InChI is InChI=1S/C15H15N3OS2/c1-2-9-5-6-10(20-9)8-18-14(19)13-12(16)11-4-3-7-17-15(11)21-13/h3-7H,2,8,16H2,1H3,(H,18,19). The number of aromatic nitrogens is 1. The van der Waals surface area contributed by atoms with Crippen molar-refractivity contribution in [2.75, 3.05) is 5.73 Å². The van der Waals surface area contributed by atoms with Crippen LogP contribution in [0.4, 0.5) is 5.69 Å². The van der Waals surface area contributed by atoms with E-state index in [0.717, 1.165) is 21.5 Å². The van der Waals surface area contributed by atoms with Crippen LogP contribution in [0.15, 0.2) is 30.5 Å². The number of nitrogens with zero attached hydrogens (tertiary/aromatic N) is 1. The summed E-state index contributed by atoms with van der Waals surface area (Å²) in [5.74, 6) is -0.137. The van der Waals surface area contributed by atoms with Crippen LogP contribution in [0.1, 0.15) is 26.3 Å². The molecule has 4 nitrogen and oxygen atoms in total. The normalized spacial score (nSPS) is 10.9. The van der Waals surface area contributed by atoms with E-state index in [1.807, 2.05) is 12.1 Å². The highest BCUT2D eigenvalue weighted by Crippen LogP contribution is 2.31. The Kier molecular flexibility index (Phi) is 3.90. The Hall–Kier alpha value is -1.92. The van der Waals surface area contributed by atoms with E-state index in [2.05, 4.69) is 29.4 Å². The summed E-state index contributed by atoms with van der Waals surface area (Å²) in [6, 6.07) is 7.87. The van der Waals surface area contributed by atoms with Crippen molar-refractivity contribution in [2.45, 2.75) is 19.9 Å². The summed E-state index contributed by atoms with van der Waals surface area (Å²) in [7, 11) is 0. The molecule has 3 aromatic heterocycles. The van der Waals surface area contributed by atoms with E-state index < -0.39 is 0 Å². The number of pyridine rings is 1. The molecule has 6 heteroatoms.